The van der Waals surface area contributed by atoms with Gasteiger partial charge < -0.3 is 9.52 Å². The van der Waals surface area contributed by atoms with Crippen molar-refractivity contribution in [1.82, 2.24) is 4.31 Å². The molecule has 0 aliphatic rings. The molecule has 0 saturated carbocycles. The Morgan fingerprint density at radius 2 is 2.18 bits per heavy atom. The minimum atomic E-state index is -3.64. The van der Waals surface area contributed by atoms with E-state index >= 15 is 0 Å². The van der Waals surface area contributed by atoms with Crippen LogP contribution in [-0.2, 0) is 16.6 Å². The molecule has 0 unspecified atom stereocenters. The minimum Gasteiger partial charge on any atom is -0.446 e. The summed E-state index contributed by atoms with van der Waals surface area (Å²) in [6.07, 6.45) is 0. The van der Waals surface area contributed by atoms with Crippen LogP contribution in [0.15, 0.2) is 33.8 Å². The molecule has 0 amide bonds. The van der Waals surface area contributed by atoms with Gasteiger partial charge in [0.15, 0.2) is 0 Å². The summed E-state index contributed by atoms with van der Waals surface area (Å²) in [5, 5.41) is 8.69. The molecule has 0 radical (unpaired) electrons. The Morgan fingerprint density at radius 3 is 2.59 bits per heavy atom. The average molecular weight is 259 g/mol. The van der Waals surface area contributed by atoms with E-state index in [4.69, 9.17) is 9.52 Å². The van der Waals surface area contributed by atoms with E-state index in [9.17, 15) is 8.42 Å². The number of aliphatic hydroxyl groups is 1. The highest BCUT2D eigenvalue weighted by Crippen LogP contribution is 2.19. The molecular formula is C11H17NO4S. The van der Waals surface area contributed by atoms with E-state index in [1.807, 2.05) is 0 Å². The second-order valence-electron chi connectivity index (χ2n) is 3.77. The maximum absolute atomic E-state index is 12.1. The fourth-order valence-corrected chi connectivity index (χ4v) is 2.81. The van der Waals surface area contributed by atoms with E-state index in [1.165, 1.54) is 16.4 Å². The van der Waals surface area contributed by atoms with Crippen molar-refractivity contribution < 1.29 is 17.9 Å². The van der Waals surface area contributed by atoms with Crippen LogP contribution >= 0.6 is 0 Å². The summed E-state index contributed by atoms with van der Waals surface area (Å²) in [6.45, 7) is 7.48. The molecule has 1 N–H and O–H groups in total. The summed E-state index contributed by atoms with van der Waals surface area (Å²) in [4.78, 5) is 0. The minimum absolute atomic E-state index is 0.148. The molecule has 1 aromatic rings. The number of hydrogen-bond acceptors (Lipinski definition) is 4. The van der Waals surface area contributed by atoms with E-state index in [-0.39, 0.29) is 24.0 Å². The number of nitrogens with zero attached hydrogens (tertiary/aromatic N) is 1. The summed E-state index contributed by atoms with van der Waals surface area (Å²) in [6, 6.07) is 2.80. The average Bonchev–Trinajstić information content (AvgIpc) is 2.74. The number of rotatable bonds is 6. The van der Waals surface area contributed by atoms with Gasteiger partial charge in [0.2, 0.25) is 5.09 Å². The van der Waals surface area contributed by atoms with Gasteiger partial charge >= 0.3 is 0 Å². The largest absolute Gasteiger partial charge is 0.446 e. The van der Waals surface area contributed by atoms with E-state index < -0.39 is 10.0 Å². The topological polar surface area (TPSA) is 70.8 Å². The first kappa shape index (κ1) is 14.0. The van der Waals surface area contributed by atoms with Gasteiger partial charge in [-0.05, 0) is 19.1 Å². The van der Waals surface area contributed by atoms with Gasteiger partial charge in [-0.25, -0.2) is 8.42 Å². The lowest BCUT2D eigenvalue weighted by Gasteiger charge is -2.18. The molecule has 0 bridgehead atoms. The van der Waals surface area contributed by atoms with Gasteiger partial charge in [-0.1, -0.05) is 19.1 Å². The van der Waals surface area contributed by atoms with E-state index in [0.29, 0.717) is 6.54 Å². The Bertz CT molecular complexity index is 489. The maximum Gasteiger partial charge on any atom is 0.276 e. The van der Waals surface area contributed by atoms with Crippen molar-refractivity contribution in [3.63, 3.8) is 0 Å². The van der Waals surface area contributed by atoms with Crippen LogP contribution in [0, 0.1) is 0 Å². The number of sulfonamides is 1. The molecular weight excluding hydrogens is 242 g/mol. The predicted octanol–water partition coefficient (Wildman–Crippen LogP) is 1.36. The molecule has 5 nitrogen and oxygen atoms in total. The molecule has 1 heterocycles. The van der Waals surface area contributed by atoms with Gasteiger partial charge in [0.1, 0.15) is 12.4 Å². The first-order valence-corrected chi connectivity index (χ1v) is 6.70. The number of likely N-dealkylation sites (N-methyl/N-ethyl adjacent to an activating group) is 1. The van der Waals surface area contributed by atoms with Gasteiger partial charge in [0.05, 0.1) is 0 Å². The first-order valence-electron chi connectivity index (χ1n) is 5.26. The molecule has 96 valence electrons. The molecule has 0 atom stereocenters. The maximum atomic E-state index is 12.1. The monoisotopic (exact) mass is 259 g/mol. The molecule has 0 fully saturated rings. The normalized spacial score (nSPS) is 12.0. The highest BCUT2D eigenvalue weighted by molar-refractivity contribution is 7.89. The third-order valence-electron chi connectivity index (χ3n) is 2.19. The van der Waals surface area contributed by atoms with Crippen LogP contribution in [0.2, 0.25) is 0 Å². The van der Waals surface area contributed by atoms with Crippen LogP contribution in [0.1, 0.15) is 19.6 Å². The molecule has 17 heavy (non-hydrogen) atoms. The number of furan rings is 1. The molecule has 0 aliphatic heterocycles. The lowest BCUT2D eigenvalue weighted by atomic mass is 10.3. The van der Waals surface area contributed by atoms with Gasteiger partial charge in [0.25, 0.3) is 10.0 Å². The fraction of sp³-hybridized carbons (Fsp3) is 0.455. The summed E-state index contributed by atoms with van der Waals surface area (Å²) >= 11 is 0. The smallest absolute Gasteiger partial charge is 0.276 e. The summed E-state index contributed by atoms with van der Waals surface area (Å²) in [5.41, 5.74) is 0.754. The van der Waals surface area contributed by atoms with Crippen molar-refractivity contribution in [1.29, 1.82) is 0 Å². The lowest BCUT2D eigenvalue weighted by molar-refractivity contribution is 0.235. The van der Waals surface area contributed by atoms with Gasteiger partial charge in [0, 0.05) is 13.1 Å². The molecule has 0 spiro atoms. The van der Waals surface area contributed by atoms with E-state index in [0.717, 1.165) is 5.57 Å². The Morgan fingerprint density at radius 1 is 1.53 bits per heavy atom. The second-order valence-corrected chi connectivity index (χ2v) is 5.64. The Labute approximate surface area is 101 Å². The van der Waals surface area contributed by atoms with Crippen molar-refractivity contribution in [2.45, 2.75) is 25.5 Å². The number of aliphatic hydroxyl groups excluding tert-OH is 1. The number of hydrogen-bond donors (Lipinski definition) is 1. The summed E-state index contributed by atoms with van der Waals surface area (Å²) < 4.78 is 30.6. The Hall–Kier alpha value is -1.11. The van der Waals surface area contributed by atoms with Crippen molar-refractivity contribution in [3.05, 3.63) is 30.0 Å². The van der Waals surface area contributed by atoms with Crippen LogP contribution in [0.5, 0.6) is 0 Å². The SMILES string of the molecule is C=C(C)CN(CC)S(=O)(=O)c1ccc(CO)o1. The van der Waals surface area contributed by atoms with Crippen molar-refractivity contribution >= 4 is 10.0 Å². The third kappa shape index (κ3) is 3.18. The molecule has 6 heteroatoms. The predicted molar refractivity (Wildman–Crippen MR) is 63.9 cm³/mol. The standard InChI is InChI=1S/C11H17NO4S/c1-4-12(7-9(2)3)17(14,15)11-6-5-10(8-13)16-11/h5-6,13H,2,4,7-8H2,1,3H3. The second kappa shape index (κ2) is 5.48. The zero-order chi connectivity index (χ0) is 13.1. The quantitative estimate of drug-likeness (QED) is 0.783. The van der Waals surface area contributed by atoms with Crippen molar-refractivity contribution in [2.75, 3.05) is 13.1 Å². The molecule has 0 aromatic carbocycles. The summed E-state index contributed by atoms with van der Waals surface area (Å²) in [5.74, 6) is 0.231. The molecule has 0 saturated heterocycles. The molecule has 1 rings (SSSR count). The van der Waals surface area contributed by atoms with Crippen LogP contribution in [0.25, 0.3) is 0 Å². The molecule has 1 aromatic heterocycles. The Kier molecular flexibility index (Phi) is 4.50. The third-order valence-corrected chi connectivity index (χ3v) is 3.98. The van der Waals surface area contributed by atoms with Crippen LogP contribution in [0.4, 0.5) is 0 Å². The van der Waals surface area contributed by atoms with Crippen molar-refractivity contribution in [3.8, 4) is 0 Å². The first-order chi connectivity index (χ1) is 7.91. The zero-order valence-electron chi connectivity index (χ0n) is 10.0. The van der Waals surface area contributed by atoms with E-state index in [1.54, 1.807) is 13.8 Å². The van der Waals surface area contributed by atoms with Gasteiger partial charge in [-0.2, -0.15) is 4.31 Å². The lowest BCUT2D eigenvalue weighted by Crippen LogP contribution is -2.32. The zero-order valence-corrected chi connectivity index (χ0v) is 10.8. The van der Waals surface area contributed by atoms with Crippen LogP contribution in [0.3, 0.4) is 0 Å². The van der Waals surface area contributed by atoms with Crippen molar-refractivity contribution in [2.24, 2.45) is 0 Å². The fourth-order valence-electron chi connectivity index (χ4n) is 1.38. The molecule has 0 aliphatic carbocycles. The summed E-state index contributed by atoms with van der Waals surface area (Å²) in [7, 11) is -3.64. The van der Waals surface area contributed by atoms with Crippen LogP contribution < -0.4 is 0 Å². The van der Waals surface area contributed by atoms with Crippen LogP contribution in [-0.4, -0.2) is 30.9 Å². The highest BCUT2D eigenvalue weighted by atomic mass is 32.2. The Balaban J connectivity index is 3.03. The van der Waals surface area contributed by atoms with Gasteiger partial charge in [-0.3, -0.25) is 0 Å². The van der Waals surface area contributed by atoms with Gasteiger partial charge in [-0.15, -0.1) is 0 Å². The van der Waals surface area contributed by atoms with E-state index in [2.05, 4.69) is 6.58 Å². The highest BCUT2D eigenvalue weighted by Gasteiger charge is 2.26.